The SMILES string of the molecule is CCCc1nnsc1C(O)Cc1ccc(C(C)(C)C)cc1. The van der Waals surface area contributed by atoms with E-state index < -0.39 is 6.10 Å². The van der Waals surface area contributed by atoms with Gasteiger partial charge in [-0.3, -0.25) is 0 Å². The number of benzene rings is 1. The van der Waals surface area contributed by atoms with Gasteiger partial charge in [0.1, 0.15) is 0 Å². The van der Waals surface area contributed by atoms with Crippen molar-refractivity contribution >= 4 is 11.5 Å². The third-order valence-corrected chi connectivity index (χ3v) is 4.49. The molecule has 2 aromatic rings. The number of aromatic nitrogens is 2. The van der Waals surface area contributed by atoms with Crippen molar-refractivity contribution in [3.8, 4) is 0 Å². The van der Waals surface area contributed by atoms with Gasteiger partial charge >= 0.3 is 0 Å². The number of aliphatic hydroxyl groups is 1. The molecule has 1 atom stereocenters. The second kappa shape index (κ2) is 6.67. The van der Waals surface area contributed by atoms with Crippen LogP contribution in [0.25, 0.3) is 0 Å². The zero-order chi connectivity index (χ0) is 15.5. The third-order valence-electron chi connectivity index (χ3n) is 3.62. The Morgan fingerprint density at radius 3 is 2.43 bits per heavy atom. The van der Waals surface area contributed by atoms with Gasteiger partial charge in [0.2, 0.25) is 0 Å². The van der Waals surface area contributed by atoms with E-state index in [4.69, 9.17) is 0 Å². The number of aryl methyl sites for hydroxylation is 1. The van der Waals surface area contributed by atoms with Crippen LogP contribution in [0, 0.1) is 0 Å². The van der Waals surface area contributed by atoms with Gasteiger partial charge in [-0.05, 0) is 34.5 Å². The number of aliphatic hydroxyl groups excluding tert-OH is 1. The maximum Gasteiger partial charge on any atom is 0.0957 e. The standard InChI is InChI=1S/C17H24N2OS/c1-5-6-14-16(21-19-18-14)15(20)11-12-7-9-13(10-8-12)17(2,3)4/h7-10,15,20H,5-6,11H2,1-4H3. The van der Waals surface area contributed by atoms with E-state index in [1.807, 2.05) is 0 Å². The lowest BCUT2D eigenvalue weighted by Gasteiger charge is -2.19. The molecule has 3 nitrogen and oxygen atoms in total. The number of nitrogens with zero attached hydrogens (tertiary/aromatic N) is 2. The Labute approximate surface area is 131 Å². The monoisotopic (exact) mass is 304 g/mol. The smallest absolute Gasteiger partial charge is 0.0957 e. The molecule has 1 unspecified atom stereocenters. The van der Waals surface area contributed by atoms with Crippen molar-refractivity contribution in [2.45, 2.75) is 58.5 Å². The summed E-state index contributed by atoms with van der Waals surface area (Å²) in [5, 5.41) is 14.6. The first-order valence-corrected chi connectivity index (χ1v) is 8.27. The Bertz CT molecular complexity index is 569. The van der Waals surface area contributed by atoms with Crippen LogP contribution in [0.2, 0.25) is 0 Å². The highest BCUT2D eigenvalue weighted by molar-refractivity contribution is 7.05. The predicted molar refractivity (Wildman–Crippen MR) is 87.7 cm³/mol. The highest BCUT2D eigenvalue weighted by Gasteiger charge is 2.18. The van der Waals surface area contributed by atoms with Crippen molar-refractivity contribution in [2.75, 3.05) is 0 Å². The molecule has 1 N–H and O–H groups in total. The summed E-state index contributed by atoms with van der Waals surface area (Å²) in [6.45, 7) is 8.73. The number of rotatable bonds is 5. The second-order valence-corrected chi connectivity index (χ2v) is 7.29. The van der Waals surface area contributed by atoms with Crippen LogP contribution in [-0.2, 0) is 18.3 Å². The van der Waals surface area contributed by atoms with Crippen LogP contribution in [-0.4, -0.2) is 14.7 Å². The van der Waals surface area contributed by atoms with E-state index in [0.717, 1.165) is 29.0 Å². The van der Waals surface area contributed by atoms with Crippen LogP contribution in [0.15, 0.2) is 24.3 Å². The van der Waals surface area contributed by atoms with Gasteiger partial charge in [-0.1, -0.05) is 62.9 Å². The Morgan fingerprint density at radius 2 is 1.86 bits per heavy atom. The van der Waals surface area contributed by atoms with E-state index in [0.29, 0.717) is 6.42 Å². The average Bonchev–Trinajstić information content (AvgIpc) is 2.87. The molecule has 1 aromatic carbocycles. The van der Waals surface area contributed by atoms with Crippen molar-refractivity contribution in [3.63, 3.8) is 0 Å². The first kappa shape index (κ1) is 16.1. The summed E-state index contributed by atoms with van der Waals surface area (Å²) < 4.78 is 3.98. The van der Waals surface area contributed by atoms with Crippen LogP contribution in [0.3, 0.4) is 0 Å². The van der Waals surface area contributed by atoms with Crippen LogP contribution in [0.1, 0.15) is 61.9 Å². The fraction of sp³-hybridized carbons (Fsp3) is 0.529. The third kappa shape index (κ3) is 4.11. The van der Waals surface area contributed by atoms with E-state index in [2.05, 4.69) is 61.5 Å². The lowest BCUT2D eigenvalue weighted by atomic mass is 9.86. The minimum absolute atomic E-state index is 0.160. The molecular formula is C17H24N2OS. The van der Waals surface area contributed by atoms with Crippen LogP contribution in [0.4, 0.5) is 0 Å². The molecule has 0 amide bonds. The molecule has 0 bridgehead atoms. The van der Waals surface area contributed by atoms with Crippen molar-refractivity contribution in [3.05, 3.63) is 46.0 Å². The van der Waals surface area contributed by atoms with Gasteiger partial charge in [-0.15, -0.1) is 5.10 Å². The summed E-state index contributed by atoms with van der Waals surface area (Å²) >= 11 is 1.31. The van der Waals surface area contributed by atoms with E-state index in [9.17, 15) is 5.11 Å². The molecule has 114 valence electrons. The average molecular weight is 304 g/mol. The quantitative estimate of drug-likeness (QED) is 0.906. The van der Waals surface area contributed by atoms with Gasteiger partial charge < -0.3 is 5.11 Å². The topological polar surface area (TPSA) is 46.0 Å². The van der Waals surface area contributed by atoms with Crippen molar-refractivity contribution in [1.82, 2.24) is 9.59 Å². The summed E-state index contributed by atoms with van der Waals surface area (Å²) in [6, 6.07) is 8.52. The Balaban J connectivity index is 2.09. The first-order chi connectivity index (χ1) is 9.91. The molecule has 0 aliphatic rings. The first-order valence-electron chi connectivity index (χ1n) is 7.50. The predicted octanol–water partition coefficient (Wildman–Crippen LogP) is 4.06. The zero-order valence-corrected chi connectivity index (χ0v) is 14.1. The molecule has 1 aromatic heterocycles. The molecule has 4 heteroatoms. The summed E-state index contributed by atoms with van der Waals surface area (Å²) in [5.74, 6) is 0. The molecule has 21 heavy (non-hydrogen) atoms. The van der Waals surface area contributed by atoms with Crippen LogP contribution >= 0.6 is 11.5 Å². The minimum Gasteiger partial charge on any atom is -0.387 e. The molecule has 0 aliphatic heterocycles. The van der Waals surface area contributed by atoms with E-state index in [1.165, 1.54) is 17.1 Å². The highest BCUT2D eigenvalue weighted by atomic mass is 32.1. The molecule has 1 heterocycles. The molecule has 0 saturated carbocycles. The van der Waals surface area contributed by atoms with Gasteiger partial charge in [0.15, 0.2) is 0 Å². The highest BCUT2D eigenvalue weighted by Crippen LogP contribution is 2.27. The molecule has 0 fully saturated rings. The van der Waals surface area contributed by atoms with Gasteiger partial charge in [-0.25, -0.2) is 0 Å². The van der Waals surface area contributed by atoms with Crippen molar-refractivity contribution in [2.24, 2.45) is 0 Å². The molecule has 0 radical (unpaired) electrons. The molecule has 0 saturated heterocycles. The van der Waals surface area contributed by atoms with Gasteiger partial charge in [0, 0.05) is 6.42 Å². The summed E-state index contributed by atoms with van der Waals surface area (Å²) in [6.07, 6.45) is 2.01. The minimum atomic E-state index is -0.507. The largest absolute Gasteiger partial charge is 0.387 e. The summed E-state index contributed by atoms with van der Waals surface area (Å²) in [5.41, 5.74) is 3.56. The summed E-state index contributed by atoms with van der Waals surface area (Å²) in [7, 11) is 0. The summed E-state index contributed by atoms with van der Waals surface area (Å²) in [4.78, 5) is 0.914. The maximum atomic E-state index is 10.4. The normalized spacial score (nSPS) is 13.4. The number of hydrogen-bond donors (Lipinski definition) is 1. The van der Waals surface area contributed by atoms with E-state index >= 15 is 0 Å². The van der Waals surface area contributed by atoms with Gasteiger partial charge in [0.25, 0.3) is 0 Å². The molecular weight excluding hydrogens is 280 g/mol. The molecule has 2 rings (SSSR count). The van der Waals surface area contributed by atoms with Crippen molar-refractivity contribution in [1.29, 1.82) is 0 Å². The Morgan fingerprint density at radius 1 is 1.19 bits per heavy atom. The van der Waals surface area contributed by atoms with Crippen LogP contribution in [0.5, 0.6) is 0 Å². The Kier molecular flexibility index (Phi) is 5.12. The zero-order valence-electron chi connectivity index (χ0n) is 13.3. The molecule has 0 spiro atoms. The fourth-order valence-electron chi connectivity index (χ4n) is 2.34. The lowest BCUT2D eigenvalue weighted by Crippen LogP contribution is -2.11. The fourth-order valence-corrected chi connectivity index (χ4v) is 3.02. The van der Waals surface area contributed by atoms with E-state index in [-0.39, 0.29) is 5.41 Å². The second-order valence-electron chi connectivity index (χ2n) is 6.50. The van der Waals surface area contributed by atoms with Gasteiger partial charge in [-0.2, -0.15) is 0 Å². The van der Waals surface area contributed by atoms with E-state index in [1.54, 1.807) is 0 Å². The van der Waals surface area contributed by atoms with Crippen LogP contribution < -0.4 is 0 Å². The lowest BCUT2D eigenvalue weighted by molar-refractivity contribution is 0.181. The Hall–Kier alpha value is -1.26. The maximum absolute atomic E-state index is 10.4. The van der Waals surface area contributed by atoms with Gasteiger partial charge in [0.05, 0.1) is 16.7 Å². The number of hydrogen-bond acceptors (Lipinski definition) is 4. The molecule has 0 aliphatic carbocycles. The van der Waals surface area contributed by atoms with Crippen molar-refractivity contribution < 1.29 is 5.11 Å².